The SMILES string of the molecule is CCCCCCCCCCCCCOC(N)=S.NC(=O)S. The minimum Gasteiger partial charge on any atom is -0.471 e. The van der Waals surface area contributed by atoms with E-state index in [1.54, 1.807) is 0 Å². The highest BCUT2D eigenvalue weighted by molar-refractivity contribution is 7.96. The molecule has 0 unspecified atom stereocenters. The normalized spacial score (nSPS) is 9.62. The smallest absolute Gasteiger partial charge is 0.273 e. The number of primary amides is 1. The average Bonchev–Trinajstić information content (AvgIpc) is 2.39. The number of hydrogen-bond acceptors (Lipinski definition) is 3. The fourth-order valence-electron chi connectivity index (χ4n) is 1.94. The van der Waals surface area contributed by atoms with Gasteiger partial charge in [-0.3, -0.25) is 4.79 Å². The molecule has 0 aromatic rings. The Morgan fingerprint density at radius 3 is 1.57 bits per heavy atom. The first-order valence-corrected chi connectivity index (χ1v) is 8.76. The number of nitrogens with two attached hydrogens (primary N) is 2. The van der Waals surface area contributed by atoms with Crippen LogP contribution < -0.4 is 11.5 Å². The van der Waals surface area contributed by atoms with Gasteiger partial charge in [0.15, 0.2) is 0 Å². The van der Waals surface area contributed by atoms with E-state index in [0.29, 0.717) is 6.61 Å². The molecule has 0 bridgehead atoms. The minimum atomic E-state index is -0.639. The second-order valence-corrected chi connectivity index (χ2v) is 5.88. The number of thiocarbonyl (C=S) groups is 1. The van der Waals surface area contributed by atoms with E-state index in [1.807, 2.05) is 0 Å². The number of carbonyl (C=O) groups is 1. The predicted octanol–water partition coefficient (Wildman–Crippen LogP) is 4.55. The quantitative estimate of drug-likeness (QED) is 0.277. The van der Waals surface area contributed by atoms with Gasteiger partial charge in [-0.15, -0.1) is 0 Å². The highest BCUT2D eigenvalue weighted by Gasteiger charge is 1.93. The van der Waals surface area contributed by atoms with E-state index in [2.05, 4.69) is 37.5 Å². The van der Waals surface area contributed by atoms with E-state index in [1.165, 1.54) is 64.2 Å². The van der Waals surface area contributed by atoms with E-state index in [-0.39, 0.29) is 5.17 Å². The number of amides is 1. The van der Waals surface area contributed by atoms with Crippen LogP contribution in [0, 0.1) is 0 Å². The van der Waals surface area contributed by atoms with Gasteiger partial charge < -0.3 is 16.2 Å². The van der Waals surface area contributed by atoms with Crippen LogP contribution in [0.15, 0.2) is 0 Å². The summed E-state index contributed by atoms with van der Waals surface area (Å²) < 4.78 is 5.03. The zero-order chi connectivity index (χ0) is 16.3. The van der Waals surface area contributed by atoms with Crippen molar-refractivity contribution in [3.63, 3.8) is 0 Å². The monoisotopic (exact) mass is 336 g/mol. The molecule has 126 valence electrons. The maximum absolute atomic E-state index is 9.09. The van der Waals surface area contributed by atoms with Gasteiger partial charge in [0.1, 0.15) is 0 Å². The van der Waals surface area contributed by atoms with Crippen molar-refractivity contribution in [3.05, 3.63) is 0 Å². The van der Waals surface area contributed by atoms with Gasteiger partial charge in [0.25, 0.3) is 10.4 Å². The summed E-state index contributed by atoms with van der Waals surface area (Å²) in [4.78, 5) is 9.09. The molecule has 6 heteroatoms. The van der Waals surface area contributed by atoms with E-state index < -0.39 is 5.24 Å². The van der Waals surface area contributed by atoms with Crippen LogP contribution in [-0.2, 0) is 4.74 Å². The highest BCUT2D eigenvalue weighted by atomic mass is 32.1. The zero-order valence-electron chi connectivity index (χ0n) is 13.3. The molecule has 0 aromatic carbocycles. The summed E-state index contributed by atoms with van der Waals surface area (Å²) in [6.45, 7) is 2.95. The van der Waals surface area contributed by atoms with Crippen LogP contribution >= 0.6 is 24.8 Å². The van der Waals surface area contributed by atoms with E-state index in [0.717, 1.165) is 6.42 Å². The molecule has 21 heavy (non-hydrogen) atoms. The Kier molecular flexibility index (Phi) is 21.2. The van der Waals surface area contributed by atoms with Crippen LogP contribution in [-0.4, -0.2) is 17.0 Å². The lowest BCUT2D eigenvalue weighted by Gasteiger charge is -2.03. The summed E-state index contributed by atoms with van der Waals surface area (Å²) in [6, 6.07) is 0. The molecule has 0 saturated heterocycles. The molecule has 4 nitrogen and oxygen atoms in total. The van der Waals surface area contributed by atoms with Gasteiger partial charge in [-0.25, -0.2) is 0 Å². The fourth-order valence-corrected chi connectivity index (χ4v) is 2.02. The molecular weight excluding hydrogens is 304 g/mol. The van der Waals surface area contributed by atoms with Crippen molar-refractivity contribution in [3.8, 4) is 0 Å². The van der Waals surface area contributed by atoms with Crippen LogP contribution in [0.4, 0.5) is 4.79 Å². The first-order valence-electron chi connectivity index (χ1n) is 7.91. The van der Waals surface area contributed by atoms with Crippen LogP contribution in [0.25, 0.3) is 0 Å². The Morgan fingerprint density at radius 1 is 0.905 bits per heavy atom. The highest BCUT2D eigenvalue weighted by Crippen LogP contribution is 2.11. The Balaban J connectivity index is 0. The first kappa shape index (κ1) is 22.8. The third kappa shape index (κ3) is 32.8. The van der Waals surface area contributed by atoms with Gasteiger partial charge in [0, 0.05) is 0 Å². The van der Waals surface area contributed by atoms with Gasteiger partial charge in [-0.1, -0.05) is 83.8 Å². The molecule has 0 aliphatic rings. The lowest BCUT2D eigenvalue weighted by atomic mass is 10.1. The minimum absolute atomic E-state index is 0.178. The van der Waals surface area contributed by atoms with Gasteiger partial charge >= 0.3 is 0 Å². The van der Waals surface area contributed by atoms with Crippen molar-refractivity contribution in [1.82, 2.24) is 0 Å². The molecule has 0 radical (unpaired) electrons. The predicted molar refractivity (Wildman–Crippen MR) is 97.8 cm³/mol. The van der Waals surface area contributed by atoms with Crippen LogP contribution in [0.1, 0.15) is 77.6 Å². The van der Waals surface area contributed by atoms with E-state index >= 15 is 0 Å². The standard InChI is InChI=1S/C14H29NOS.CH3NOS/c1-2-3-4-5-6-7-8-9-10-11-12-13-16-14(15)17;2-1(3)4/h2-13H2,1H3,(H2,15,17);(H3,2,3,4). The lowest BCUT2D eigenvalue weighted by molar-refractivity contribution is 0.267. The zero-order valence-corrected chi connectivity index (χ0v) is 15.0. The molecule has 0 heterocycles. The molecule has 1 amide bonds. The maximum Gasteiger partial charge on any atom is 0.273 e. The molecule has 0 fully saturated rings. The summed E-state index contributed by atoms with van der Waals surface area (Å²) in [5, 5.41) is -0.461. The van der Waals surface area contributed by atoms with Gasteiger partial charge in [0.2, 0.25) is 0 Å². The first-order chi connectivity index (χ1) is 10.0. The molecule has 0 atom stereocenters. The van der Waals surface area contributed by atoms with Crippen molar-refractivity contribution in [1.29, 1.82) is 0 Å². The number of ether oxygens (including phenoxy) is 1. The van der Waals surface area contributed by atoms with Gasteiger partial charge in [-0.05, 0) is 18.6 Å². The lowest BCUT2D eigenvalue weighted by Crippen LogP contribution is -2.13. The summed E-state index contributed by atoms with van der Waals surface area (Å²) in [7, 11) is 0. The number of carbonyl (C=O) groups excluding carboxylic acids is 1. The van der Waals surface area contributed by atoms with Gasteiger partial charge in [-0.2, -0.15) is 0 Å². The Labute approximate surface area is 140 Å². The maximum atomic E-state index is 9.09. The summed E-state index contributed by atoms with van der Waals surface area (Å²) in [5.74, 6) is 0. The number of hydrogen-bond donors (Lipinski definition) is 3. The van der Waals surface area contributed by atoms with Crippen LogP contribution in [0.2, 0.25) is 0 Å². The summed E-state index contributed by atoms with van der Waals surface area (Å²) >= 11 is 7.73. The Bertz CT molecular complexity index is 248. The Morgan fingerprint density at radius 2 is 1.24 bits per heavy atom. The van der Waals surface area contributed by atoms with Crippen molar-refractivity contribution < 1.29 is 9.53 Å². The molecule has 0 aliphatic heterocycles. The third-order valence-electron chi connectivity index (χ3n) is 2.99. The number of rotatable bonds is 12. The molecule has 0 rings (SSSR count). The van der Waals surface area contributed by atoms with Crippen LogP contribution in [0.5, 0.6) is 0 Å². The third-order valence-corrected chi connectivity index (χ3v) is 3.11. The number of thiol groups is 1. The van der Waals surface area contributed by atoms with Crippen molar-refractivity contribution in [2.24, 2.45) is 11.5 Å². The molecule has 0 saturated carbocycles. The largest absolute Gasteiger partial charge is 0.471 e. The second kappa shape index (κ2) is 19.5. The molecular formula is C15H32N2O2S2. The van der Waals surface area contributed by atoms with Gasteiger partial charge in [0.05, 0.1) is 6.61 Å². The summed E-state index contributed by atoms with van der Waals surface area (Å²) in [6.07, 6.45) is 14.8. The Hall–Kier alpha value is -0.490. The van der Waals surface area contributed by atoms with E-state index in [4.69, 9.17) is 15.3 Å². The second-order valence-electron chi connectivity index (χ2n) is 5.04. The molecule has 0 spiro atoms. The van der Waals surface area contributed by atoms with Crippen molar-refractivity contribution >= 4 is 35.3 Å². The number of unbranched alkanes of at least 4 members (excludes halogenated alkanes) is 10. The molecule has 4 N–H and O–H groups in total. The fraction of sp³-hybridized carbons (Fsp3) is 0.867. The van der Waals surface area contributed by atoms with Crippen LogP contribution in [0.3, 0.4) is 0 Å². The molecule has 0 aromatic heterocycles. The molecule has 0 aliphatic carbocycles. The average molecular weight is 337 g/mol. The van der Waals surface area contributed by atoms with Crippen molar-refractivity contribution in [2.75, 3.05) is 6.61 Å². The van der Waals surface area contributed by atoms with Crippen molar-refractivity contribution in [2.45, 2.75) is 77.6 Å². The topological polar surface area (TPSA) is 78.3 Å². The van der Waals surface area contributed by atoms with E-state index in [9.17, 15) is 0 Å². The summed E-state index contributed by atoms with van der Waals surface area (Å²) in [5.41, 5.74) is 9.57.